The lowest BCUT2D eigenvalue weighted by atomic mass is 9.99. The normalized spacial score (nSPS) is 14.2. The van der Waals surface area contributed by atoms with Crippen LogP contribution in [-0.4, -0.2) is 57.3 Å². The average Bonchev–Trinajstić information content (AvgIpc) is 3.09. The monoisotopic (exact) mass is 684 g/mol. The summed E-state index contributed by atoms with van der Waals surface area (Å²) in [5.74, 6) is -0.580. The van der Waals surface area contributed by atoms with Crippen LogP contribution in [0.3, 0.4) is 0 Å². The van der Waals surface area contributed by atoms with Gasteiger partial charge in [-0.05, 0) is 12.8 Å². The van der Waals surface area contributed by atoms with Crippen molar-refractivity contribution in [3.63, 3.8) is 0 Å². The van der Waals surface area contributed by atoms with Gasteiger partial charge in [-0.25, -0.2) is 0 Å². The molecule has 0 aromatic heterocycles. The highest BCUT2D eigenvalue weighted by molar-refractivity contribution is 5.80. The van der Waals surface area contributed by atoms with E-state index in [-0.39, 0.29) is 0 Å². The van der Waals surface area contributed by atoms with Gasteiger partial charge in [-0.15, -0.1) is 0 Å². The van der Waals surface area contributed by atoms with E-state index in [2.05, 4.69) is 19.2 Å². The Morgan fingerprint density at radius 1 is 0.438 bits per heavy atom. The Kier molecular flexibility index (Phi) is 37.0. The third-order valence-electron chi connectivity index (χ3n) is 10.3. The van der Waals surface area contributed by atoms with E-state index in [4.69, 9.17) is 0 Å². The molecule has 0 saturated carbocycles. The molecule has 6 nitrogen and oxygen atoms in total. The molecule has 0 heterocycles. The van der Waals surface area contributed by atoms with Crippen LogP contribution in [0.4, 0.5) is 0 Å². The molecule has 0 aliphatic heterocycles. The number of aliphatic hydroxyl groups excluding tert-OH is 4. The molecule has 0 spiro atoms. The zero-order valence-corrected chi connectivity index (χ0v) is 32.3. The van der Waals surface area contributed by atoms with E-state index in [0.717, 1.165) is 38.5 Å². The zero-order valence-electron chi connectivity index (χ0n) is 32.3. The molecule has 0 rings (SSSR count). The SMILES string of the molecule is CCCCCCCCCCCCCCCCCCCCCC[C@@H](O)C(=O)N[C@H](CO)[C@H](O)[C@H](O)CCCCCCCCCCCCCC. The zero-order chi connectivity index (χ0) is 35.3. The van der Waals surface area contributed by atoms with Crippen molar-refractivity contribution < 1.29 is 25.2 Å². The molecule has 6 heteroatoms. The fraction of sp³-hybridized carbons (Fsp3) is 0.976. The Morgan fingerprint density at radius 2 is 0.708 bits per heavy atom. The minimum Gasteiger partial charge on any atom is -0.394 e. The first kappa shape index (κ1) is 47.3. The number of unbranched alkanes of at least 4 members (excludes halogenated alkanes) is 30. The third kappa shape index (κ3) is 31.3. The molecule has 0 unspecified atom stereocenters. The van der Waals surface area contributed by atoms with E-state index >= 15 is 0 Å². The number of nitrogens with one attached hydrogen (secondary N) is 1. The lowest BCUT2D eigenvalue weighted by molar-refractivity contribution is -0.132. The molecular formula is C42H85NO5. The van der Waals surface area contributed by atoms with Crippen LogP contribution in [0.15, 0.2) is 0 Å². The number of aliphatic hydroxyl groups is 4. The standard InChI is InChI=1S/C42H85NO5/c1-3-5-7-9-11-13-15-17-18-19-20-21-22-23-24-26-28-30-32-34-36-40(46)42(48)43-38(37-44)41(47)39(45)35-33-31-29-27-25-16-14-12-10-8-6-4-2/h38-41,44-47H,3-37H2,1-2H3,(H,43,48)/t38-,39-,40-,41+/m1/s1. The summed E-state index contributed by atoms with van der Waals surface area (Å²) in [6.07, 6.45) is 38.4. The fourth-order valence-electron chi connectivity index (χ4n) is 6.88. The van der Waals surface area contributed by atoms with Crippen LogP contribution >= 0.6 is 0 Å². The quantitative estimate of drug-likeness (QED) is 0.0414. The summed E-state index contributed by atoms with van der Waals surface area (Å²) in [6.45, 7) is 4.05. The second-order valence-electron chi connectivity index (χ2n) is 15.1. The molecular weight excluding hydrogens is 598 g/mol. The van der Waals surface area contributed by atoms with Crippen LogP contribution in [0.2, 0.25) is 0 Å². The summed E-state index contributed by atoms with van der Waals surface area (Å²) in [5, 5.41) is 43.6. The molecule has 0 radical (unpaired) electrons. The smallest absolute Gasteiger partial charge is 0.249 e. The molecule has 0 aromatic rings. The van der Waals surface area contributed by atoms with Gasteiger partial charge in [0.05, 0.1) is 18.8 Å². The molecule has 0 aliphatic carbocycles. The van der Waals surface area contributed by atoms with Crippen molar-refractivity contribution >= 4 is 5.91 Å². The van der Waals surface area contributed by atoms with Crippen LogP contribution in [0, 0.1) is 0 Å². The number of amides is 1. The predicted octanol–water partition coefficient (Wildman–Crippen LogP) is 10.8. The maximum atomic E-state index is 12.5. The van der Waals surface area contributed by atoms with Gasteiger partial charge in [0, 0.05) is 0 Å². The molecule has 0 aromatic carbocycles. The largest absolute Gasteiger partial charge is 0.394 e. The Bertz CT molecular complexity index is 648. The number of carbonyl (C=O) groups excluding carboxylic acids is 1. The van der Waals surface area contributed by atoms with Crippen LogP contribution in [0.5, 0.6) is 0 Å². The first-order valence-electron chi connectivity index (χ1n) is 21.4. The summed E-state index contributed by atoms with van der Waals surface area (Å²) in [6, 6.07) is -0.977. The van der Waals surface area contributed by atoms with Gasteiger partial charge in [-0.3, -0.25) is 4.79 Å². The van der Waals surface area contributed by atoms with Gasteiger partial charge in [-0.1, -0.05) is 219 Å². The summed E-state index contributed by atoms with van der Waals surface area (Å²) in [7, 11) is 0. The first-order valence-corrected chi connectivity index (χ1v) is 21.4. The van der Waals surface area contributed by atoms with Crippen molar-refractivity contribution in [1.29, 1.82) is 0 Å². The van der Waals surface area contributed by atoms with E-state index in [1.165, 1.54) is 167 Å². The highest BCUT2D eigenvalue weighted by Gasteiger charge is 2.28. The van der Waals surface area contributed by atoms with Crippen molar-refractivity contribution in [2.75, 3.05) is 6.61 Å². The van der Waals surface area contributed by atoms with Crippen molar-refractivity contribution in [3.05, 3.63) is 0 Å². The van der Waals surface area contributed by atoms with Gasteiger partial charge in [0.25, 0.3) is 0 Å². The maximum Gasteiger partial charge on any atom is 0.249 e. The molecule has 5 N–H and O–H groups in total. The van der Waals surface area contributed by atoms with Gasteiger partial charge in [0.15, 0.2) is 0 Å². The van der Waals surface area contributed by atoms with Gasteiger partial charge in [-0.2, -0.15) is 0 Å². The Morgan fingerprint density at radius 3 is 1.00 bits per heavy atom. The molecule has 0 fully saturated rings. The number of carbonyl (C=O) groups is 1. The second-order valence-corrected chi connectivity index (χ2v) is 15.1. The second kappa shape index (κ2) is 37.6. The molecule has 0 bridgehead atoms. The van der Waals surface area contributed by atoms with Gasteiger partial charge < -0.3 is 25.7 Å². The van der Waals surface area contributed by atoms with E-state index in [0.29, 0.717) is 12.8 Å². The topological polar surface area (TPSA) is 110 Å². The lowest BCUT2D eigenvalue weighted by Crippen LogP contribution is -2.53. The number of hydrogen-bond acceptors (Lipinski definition) is 5. The predicted molar refractivity (Wildman–Crippen MR) is 205 cm³/mol. The molecule has 288 valence electrons. The van der Waals surface area contributed by atoms with Crippen molar-refractivity contribution in [1.82, 2.24) is 5.32 Å². The minimum atomic E-state index is -1.25. The van der Waals surface area contributed by atoms with Gasteiger partial charge >= 0.3 is 0 Å². The Balaban J connectivity index is 3.68. The van der Waals surface area contributed by atoms with Crippen molar-refractivity contribution in [2.24, 2.45) is 0 Å². The minimum absolute atomic E-state index is 0.375. The van der Waals surface area contributed by atoms with Crippen LogP contribution in [-0.2, 0) is 4.79 Å². The summed E-state index contributed by atoms with van der Waals surface area (Å²) >= 11 is 0. The number of hydrogen-bond donors (Lipinski definition) is 5. The fourth-order valence-corrected chi connectivity index (χ4v) is 6.88. The van der Waals surface area contributed by atoms with E-state index in [9.17, 15) is 25.2 Å². The summed E-state index contributed by atoms with van der Waals surface area (Å²) in [5.41, 5.74) is 0. The van der Waals surface area contributed by atoms with Crippen molar-refractivity contribution in [3.8, 4) is 0 Å². The van der Waals surface area contributed by atoms with E-state index in [1.807, 2.05) is 0 Å². The Labute approximate surface area is 299 Å². The molecule has 48 heavy (non-hydrogen) atoms. The molecule has 4 atom stereocenters. The highest BCUT2D eigenvalue weighted by atomic mass is 16.3. The van der Waals surface area contributed by atoms with E-state index < -0.39 is 36.9 Å². The lowest BCUT2D eigenvalue weighted by Gasteiger charge is -2.27. The average molecular weight is 684 g/mol. The van der Waals surface area contributed by atoms with Crippen molar-refractivity contribution in [2.45, 2.75) is 257 Å². The summed E-state index contributed by atoms with van der Waals surface area (Å²) < 4.78 is 0. The number of rotatable bonds is 39. The van der Waals surface area contributed by atoms with Gasteiger partial charge in [0.1, 0.15) is 12.2 Å². The van der Waals surface area contributed by atoms with Crippen LogP contribution in [0.25, 0.3) is 0 Å². The summed E-state index contributed by atoms with van der Waals surface area (Å²) in [4.78, 5) is 12.5. The molecule has 1 amide bonds. The van der Waals surface area contributed by atoms with Crippen LogP contribution < -0.4 is 5.32 Å². The molecule has 0 aliphatic rings. The molecule has 0 saturated heterocycles. The Hall–Kier alpha value is -0.690. The van der Waals surface area contributed by atoms with Crippen LogP contribution in [0.1, 0.15) is 232 Å². The third-order valence-corrected chi connectivity index (χ3v) is 10.3. The highest BCUT2D eigenvalue weighted by Crippen LogP contribution is 2.17. The first-order chi connectivity index (χ1) is 23.5. The van der Waals surface area contributed by atoms with E-state index in [1.54, 1.807) is 0 Å². The van der Waals surface area contributed by atoms with Gasteiger partial charge in [0.2, 0.25) is 5.91 Å². The maximum absolute atomic E-state index is 12.5.